The molecule has 0 atom stereocenters. The van der Waals surface area contributed by atoms with Crippen LogP contribution in [0.4, 0.5) is 25.2 Å². The molecule has 0 N–H and O–H groups in total. The van der Waals surface area contributed by atoms with Gasteiger partial charge in [0.1, 0.15) is 0 Å². The van der Waals surface area contributed by atoms with E-state index in [2.05, 4.69) is 0 Å². The van der Waals surface area contributed by atoms with Gasteiger partial charge < -0.3 is 0 Å². The predicted octanol–water partition coefficient (Wildman–Crippen LogP) is 5.92. The molecular formula is C4H3Cl3F6NPS. The van der Waals surface area contributed by atoms with Crippen molar-refractivity contribution in [2.75, 3.05) is 0 Å². The van der Waals surface area contributed by atoms with Crippen LogP contribution in [0.1, 0.15) is 0 Å². The number of hydrogen-bond acceptors (Lipinski definition) is 1. The molecule has 1 heterocycles. The van der Waals surface area contributed by atoms with Gasteiger partial charge >= 0.3 is 38.1 Å². The summed E-state index contributed by atoms with van der Waals surface area (Å²) >= 11 is 18.2. The predicted molar refractivity (Wildman–Crippen MR) is 54.1 cm³/mol. The van der Waals surface area contributed by atoms with Crippen molar-refractivity contribution in [3.63, 3.8) is 0 Å². The third kappa shape index (κ3) is 9.72. The van der Waals surface area contributed by atoms with Gasteiger partial charge in [0.15, 0.2) is 27.9 Å². The van der Waals surface area contributed by atoms with E-state index in [1.807, 2.05) is 0 Å². The monoisotopic (exact) mass is 347 g/mol. The third-order valence-electron chi connectivity index (χ3n) is 0.847. The Morgan fingerprint density at radius 3 is 1.38 bits per heavy atom. The van der Waals surface area contributed by atoms with E-state index >= 15 is 0 Å². The quantitative estimate of drug-likeness (QED) is 0.311. The van der Waals surface area contributed by atoms with E-state index < -0.39 is 7.81 Å². The van der Waals surface area contributed by atoms with Gasteiger partial charge in [-0.1, -0.05) is 23.2 Å². The van der Waals surface area contributed by atoms with Crippen LogP contribution in [0.3, 0.4) is 0 Å². The van der Waals surface area contributed by atoms with Gasteiger partial charge in [-0.05, 0) is 11.6 Å². The summed E-state index contributed by atoms with van der Waals surface area (Å²) < 4.78 is 61.4. The van der Waals surface area contributed by atoms with Gasteiger partial charge in [0.2, 0.25) is 0 Å². The number of halogens is 9. The first kappa shape index (κ1) is 16.5. The molecule has 0 bridgehead atoms. The normalized spacial score (nSPS) is 15.9. The number of hydrogen-bond donors (Lipinski definition) is 0. The first-order valence-corrected chi connectivity index (χ1v) is 7.07. The average Bonchev–Trinajstić information content (AvgIpc) is 2.11. The minimum absolute atomic E-state index is 0.436. The Morgan fingerprint density at radius 1 is 1.00 bits per heavy atom. The van der Waals surface area contributed by atoms with Gasteiger partial charge in [-0.15, -0.1) is 3.96 Å². The molecule has 98 valence electrons. The topological polar surface area (TPSA) is 3.88 Å². The van der Waals surface area contributed by atoms with Crippen LogP contribution in [0.5, 0.6) is 0 Å². The van der Waals surface area contributed by atoms with Gasteiger partial charge in [0.05, 0.1) is 0 Å². The van der Waals surface area contributed by atoms with Crippen LogP contribution in [0.15, 0.2) is 0 Å². The summed E-state index contributed by atoms with van der Waals surface area (Å²) in [5.41, 5.74) is 0. The Kier molecular flexibility index (Phi) is 4.15. The van der Waals surface area contributed by atoms with E-state index in [-0.39, 0.29) is 0 Å². The molecular weight excluding hydrogens is 345 g/mol. The second-order valence-electron chi connectivity index (χ2n) is 2.43. The van der Waals surface area contributed by atoms with Gasteiger partial charge in [0.25, 0.3) is 0 Å². The Morgan fingerprint density at radius 2 is 1.31 bits per heavy atom. The fraction of sp³-hybridized carbons (Fsp3) is 0.250. The zero-order valence-corrected chi connectivity index (χ0v) is 11.2. The number of aryl methyl sites for hydroxylation is 1. The molecule has 0 aliphatic rings. The minimum atomic E-state index is -10.7. The maximum atomic E-state index is 9.87. The second-order valence-corrected chi connectivity index (χ2v) is 6.82. The van der Waals surface area contributed by atoms with Gasteiger partial charge in [-0.25, -0.2) is 0 Å². The summed E-state index contributed by atoms with van der Waals surface area (Å²) in [5.74, 6) is 0. The summed E-state index contributed by atoms with van der Waals surface area (Å²) in [7, 11) is -8.86. The molecule has 0 spiro atoms. The first-order chi connectivity index (χ1) is 6.58. The Bertz CT molecular complexity index is 365. The molecule has 1 aromatic heterocycles. The van der Waals surface area contributed by atoms with Crippen molar-refractivity contribution in [3.8, 4) is 0 Å². The summed E-state index contributed by atoms with van der Waals surface area (Å²) in [4.78, 5) is 0. The summed E-state index contributed by atoms with van der Waals surface area (Å²) in [5, 5.41) is 0.928. The van der Waals surface area contributed by atoms with E-state index in [1.165, 1.54) is 11.5 Å². The van der Waals surface area contributed by atoms with Crippen molar-refractivity contribution in [2.24, 2.45) is 7.05 Å². The maximum absolute atomic E-state index is 10.7. The molecule has 12 heteroatoms. The van der Waals surface area contributed by atoms with E-state index in [0.717, 1.165) is 0 Å². The molecule has 16 heavy (non-hydrogen) atoms. The molecule has 0 fully saturated rings. The SMILES string of the molecule is C[n+]1sc(Cl)c(Cl)c1Cl.F[P-](F)(F)(F)(F)F. The number of aromatic nitrogens is 1. The van der Waals surface area contributed by atoms with Crippen LogP contribution in [-0.2, 0) is 7.05 Å². The molecule has 0 aliphatic heterocycles. The van der Waals surface area contributed by atoms with Crippen molar-refractivity contribution >= 4 is 54.1 Å². The van der Waals surface area contributed by atoms with E-state index in [4.69, 9.17) is 34.8 Å². The van der Waals surface area contributed by atoms with E-state index in [0.29, 0.717) is 14.5 Å². The van der Waals surface area contributed by atoms with Crippen LogP contribution in [0.25, 0.3) is 0 Å². The van der Waals surface area contributed by atoms with E-state index in [9.17, 15) is 25.2 Å². The second kappa shape index (κ2) is 4.02. The first-order valence-electron chi connectivity index (χ1n) is 3.14. The van der Waals surface area contributed by atoms with Crippen LogP contribution in [-0.4, -0.2) is 0 Å². The average molecular weight is 348 g/mol. The molecule has 0 unspecified atom stereocenters. The molecule has 0 aliphatic carbocycles. The molecule has 0 amide bonds. The summed E-state index contributed by atoms with van der Waals surface area (Å²) in [6.45, 7) is 0. The van der Waals surface area contributed by atoms with Gasteiger partial charge in [0, 0.05) is 0 Å². The molecule has 0 radical (unpaired) electrons. The Balaban J connectivity index is 0.000000293. The van der Waals surface area contributed by atoms with E-state index in [1.54, 1.807) is 11.0 Å². The van der Waals surface area contributed by atoms with Crippen molar-refractivity contribution in [1.82, 2.24) is 0 Å². The Hall–Kier alpha value is 0.510. The van der Waals surface area contributed by atoms with Crippen LogP contribution < -0.4 is 3.96 Å². The van der Waals surface area contributed by atoms with Crippen molar-refractivity contribution in [1.29, 1.82) is 0 Å². The standard InChI is InChI=1S/C4H3Cl3NS.F6P/c1-8-3(6)2(5)4(7)9-8;1-7(2,3,4,5)6/h1H3;/q+1;-1. The summed E-state index contributed by atoms with van der Waals surface area (Å²) in [6.07, 6.45) is 0. The number of nitrogens with zero attached hydrogens (tertiary/aromatic N) is 1. The zero-order valence-electron chi connectivity index (χ0n) is 7.20. The molecule has 0 saturated carbocycles. The molecule has 0 saturated heterocycles. The molecule has 1 aromatic rings. The zero-order chi connectivity index (χ0) is 13.4. The van der Waals surface area contributed by atoms with Crippen molar-refractivity contribution in [2.45, 2.75) is 0 Å². The number of rotatable bonds is 0. The molecule has 1 nitrogen and oxygen atoms in total. The fourth-order valence-electron chi connectivity index (χ4n) is 0.420. The van der Waals surface area contributed by atoms with Gasteiger partial charge in [-0.3, -0.25) is 0 Å². The summed E-state index contributed by atoms with van der Waals surface area (Å²) in [6, 6.07) is 0. The van der Waals surface area contributed by atoms with Crippen molar-refractivity contribution in [3.05, 3.63) is 14.5 Å². The molecule has 0 aromatic carbocycles. The van der Waals surface area contributed by atoms with Crippen LogP contribution in [0.2, 0.25) is 14.5 Å². The van der Waals surface area contributed by atoms with Crippen molar-refractivity contribution < 1.29 is 29.1 Å². The van der Waals surface area contributed by atoms with Crippen LogP contribution >= 0.6 is 54.1 Å². The van der Waals surface area contributed by atoms with Gasteiger partial charge in [-0.2, -0.15) is 0 Å². The Labute approximate surface area is 105 Å². The third-order valence-corrected chi connectivity index (χ3v) is 3.28. The van der Waals surface area contributed by atoms with Crippen LogP contribution in [0, 0.1) is 0 Å². The molecule has 1 rings (SSSR count). The fourth-order valence-corrected chi connectivity index (χ4v) is 1.99.